The molecule has 0 saturated heterocycles. The average molecular weight is 671 g/mol. The zero-order valence-corrected chi connectivity index (χ0v) is 25.9. The summed E-state index contributed by atoms with van der Waals surface area (Å²) in [6.07, 6.45) is -4.39. The minimum Gasteiger partial charge on any atom is -0.489 e. The number of hydrogen-bond donors (Lipinski definition) is 1. The van der Waals surface area contributed by atoms with Gasteiger partial charge >= 0.3 is 18.1 Å². The number of amides is 2. The average Bonchev–Trinajstić information content (AvgIpc) is 3.18. The molecule has 0 radical (unpaired) electrons. The lowest BCUT2D eigenvalue weighted by molar-refractivity contribution is -0.202. The second-order valence-electron chi connectivity index (χ2n) is 10.8. The molecule has 0 aliphatic carbocycles. The van der Waals surface area contributed by atoms with Crippen LogP contribution in [0.3, 0.4) is 0 Å². The fourth-order valence-electron chi connectivity index (χ4n) is 5.15. The van der Waals surface area contributed by atoms with E-state index < -0.39 is 48.9 Å². The van der Waals surface area contributed by atoms with Gasteiger partial charge in [-0.2, -0.15) is 13.2 Å². The van der Waals surface area contributed by atoms with Gasteiger partial charge in [-0.15, -0.1) is 0 Å². The van der Waals surface area contributed by atoms with Crippen LogP contribution in [0.15, 0.2) is 97.2 Å². The minimum absolute atomic E-state index is 0.0774. The molecule has 250 valence electrons. The number of rotatable bonds is 9. The topological polar surface area (TPSA) is 132 Å². The van der Waals surface area contributed by atoms with Crippen molar-refractivity contribution in [3.8, 4) is 17.6 Å². The van der Waals surface area contributed by atoms with Crippen molar-refractivity contribution in [2.24, 2.45) is 0 Å². The quantitative estimate of drug-likeness (QED) is 0.111. The van der Waals surface area contributed by atoms with Crippen LogP contribution in [-0.4, -0.2) is 53.0 Å². The third-order valence-corrected chi connectivity index (χ3v) is 7.44. The molecule has 5 rings (SSSR count). The number of fused-ring (bicyclic) bond motifs is 1. The number of nitrogens with zero attached hydrogens (tertiary/aromatic N) is 3. The van der Waals surface area contributed by atoms with Crippen LogP contribution in [0.1, 0.15) is 45.9 Å². The van der Waals surface area contributed by atoms with Gasteiger partial charge < -0.3 is 25.0 Å². The second kappa shape index (κ2) is 15.2. The summed E-state index contributed by atoms with van der Waals surface area (Å²) in [5.74, 6) is 1.24. The summed E-state index contributed by atoms with van der Waals surface area (Å²) in [5.41, 5.74) is 7.71. The molecule has 2 heterocycles. The summed E-state index contributed by atoms with van der Waals surface area (Å²) < 4.78 is 48.3. The summed E-state index contributed by atoms with van der Waals surface area (Å²) in [6.45, 7) is -0.215. The van der Waals surface area contributed by atoms with E-state index >= 15 is 0 Å². The van der Waals surface area contributed by atoms with E-state index in [4.69, 9.17) is 10.5 Å². The normalized spacial score (nSPS) is 13.4. The number of anilines is 2. The molecule has 0 spiro atoms. The molecule has 13 heteroatoms. The minimum atomic E-state index is -5.40. The first-order valence-electron chi connectivity index (χ1n) is 15.0. The standard InChI is InChI=1S/C36H29F3N4O6/c37-36(38,39)35(47)49-32(45)21-29(26-13-5-2-6-14-26)43-23-31(44)42(22-25-11-3-1-4-12-25)28-17-16-24(20-27(28)34(43)46)10-7-8-19-48-30-15-9-18-41-33(30)40/h1-6,9,11-18,20,29H,8,19,21-23H2,(H2,40,41). The van der Waals surface area contributed by atoms with Gasteiger partial charge in [-0.3, -0.25) is 14.4 Å². The van der Waals surface area contributed by atoms with Gasteiger partial charge in [-0.05, 0) is 41.5 Å². The molecular formula is C36H29F3N4O6. The Bertz CT molecular complexity index is 1910. The summed E-state index contributed by atoms with van der Waals surface area (Å²) in [7, 11) is 0. The van der Waals surface area contributed by atoms with Crippen molar-refractivity contribution in [3.63, 3.8) is 0 Å². The largest absolute Gasteiger partial charge is 0.491 e. The molecule has 1 aliphatic heterocycles. The molecule has 2 amide bonds. The molecule has 49 heavy (non-hydrogen) atoms. The number of nitrogens with two attached hydrogens (primary N) is 1. The zero-order valence-electron chi connectivity index (χ0n) is 25.9. The summed E-state index contributed by atoms with van der Waals surface area (Å²) in [5, 5.41) is 0. The lowest BCUT2D eigenvalue weighted by atomic mass is 10.00. The van der Waals surface area contributed by atoms with E-state index in [0.29, 0.717) is 23.3 Å². The van der Waals surface area contributed by atoms with Gasteiger partial charge in [0.15, 0.2) is 11.6 Å². The van der Waals surface area contributed by atoms with Crippen LogP contribution in [0, 0.1) is 11.8 Å². The maximum Gasteiger partial charge on any atom is 0.491 e. The van der Waals surface area contributed by atoms with Crippen LogP contribution < -0.4 is 15.4 Å². The number of carbonyl (C=O) groups is 4. The molecule has 1 aromatic heterocycles. The highest BCUT2D eigenvalue weighted by Gasteiger charge is 2.43. The maximum atomic E-state index is 14.3. The molecule has 3 aromatic carbocycles. The number of hydrogen-bond acceptors (Lipinski definition) is 8. The predicted molar refractivity (Wildman–Crippen MR) is 172 cm³/mol. The first-order chi connectivity index (χ1) is 23.5. The van der Waals surface area contributed by atoms with Crippen molar-refractivity contribution in [1.29, 1.82) is 0 Å². The Kier molecular flexibility index (Phi) is 10.6. The Labute approximate surface area is 279 Å². The molecule has 1 unspecified atom stereocenters. The van der Waals surface area contributed by atoms with Crippen LogP contribution >= 0.6 is 0 Å². The van der Waals surface area contributed by atoms with Crippen molar-refractivity contribution in [2.75, 3.05) is 23.8 Å². The summed E-state index contributed by atoms with van der Waals surface area (Å²) in [4.78, 5) is 58.8. The fraction of sp³-hybridized carbons (Fsp3) is 0.194. The van der Waals surface area contributed by atoms with Gasteiger partial charge in [0.25, 0.3) is 5.91 Å². The highest BCUT2D eigenvalue weighted by molar-refractivity contribution is 6.10. The lowest BCUT2D eigenvalue weighted by Crippen LogP contribution is -2.42. The number of pyridine rings is 1. The molecule has 1 aliphatic rings. The third-order valence-electron chi connectivity index (χ3n) is 7.44. The number of ether oxygens (including phenoxy) is 2. The number of nitrogen functional groups attached to an aromatic ring is 1. The zero-order chi connectivity index (χ0) is 35.0. The molecule has 0 saturated carbocycles. The SMILES string of the molecule is Nc1ncccc1OCCC#Cc1ccc2c(c1)C(=O)N(C(CC(=O)OC(=O)C(F)(F)F)c1ccccc1)CC(=O)N2Cc1ccccc1. The van der Waals surface area contributed by atoms with Crippen molar-refractivity contribution < 1.29 is 41.8 Å². The maximum absolute atomic E-state index is 14.3. The number of carbonyl (C=O) groups excluding carboxylic acids is 4. The molecule has 10 nitrogen and oxygen atoms in total. The van der Waals surface area contributed by atoms with Crippen LogP contribution in [0.2, 0.25) is 0 Å². The molecule has 0 fully saturated rings. The molecule has 2 N–H and O–H groups in total. The van der Waals surface area contributed by atoms with E-state index in [1.165, 1.54) is 11.0 Å². The van der Waals surface area contributed by atoms with Gasteiger partial charge in [0.1, 0.15) is 6.54 Å². The van der Waals surface area contributed by atoms with Gasteiger partial charge in [0.2, 0.25) is 5.91 Å². The van der Waals surface area contributed by atoms with Crippen LogP contribution in [-0.2, 0) is 25.7 Å². The van der Waals surface area contributed by atoms with Gasteiger partial charge in [-0.1, -0.05) is 72.5 Å². The van der Waals surface area contributed by atoms with E-state index in [2.05, 4.69) is 21.6 Å². The van der Waals surface area contributed by atoms with E-state index in [0.717, 1.165) is 10.5 Å². The molecule has 4 aromatic rings. The first kappa shape index (κ1) is 34.2. The van der Waals surface area contributed by atoms with Gasteiger partial charge in [0.05, 0.1) is 36.9 Å². The Hall–Kier alpha value is -6.16. The smallest absolute Gasteiger partial charge is 0.489 e. The van der Waals surface area contributed by atoms with Gasteiger partial charge in [0, 0.05) is 18.2 Å². The van der Waals surface area contributed by atoms with E-state index in [1.54, 1.807) is 72.9 Å². The number of halogens is 3. The van der Waals surface area contributed by atoms with Crippen molar-refractivity contribution in [3.05, 3.63) is 119 Å². The first-order valence-corrected chi connectivity index (χ1v) is 15.0. The van der Waals surface area contributed by atoms with Crippen LogP contribution in [0.4, 0.5) is 24.7 Å². The van der Waals surface area contributed by atoms with E-state index in [9.17, 15) is 32.3 Å². The molecular weight excluding hydrogens is 641 g/mol. The Morgan fingerprint density at radius 2 is 1.67 bits per heavy atom. The van der Waals surface area contributed by atoms with Crippen LogP contribution in [0.25, 0.3) is 0 Å². The van der Waals surface area contributed by atoms with Crippen molar-refractivity contribution >= 4 is 35.3 Å². The number of aromatic nitrogens is 1. The van der Waals surface area contributed by atoms with Gasteiger partial charge in [-0.25, -0.2) is 9.78 Å². The third kappa shape index (κ3) is 8.61. The van der Waals surface area contributed by atoms with Crippen molar-refractivity contribution in [2.45, 2.75) is 31.6 Å². The Balaban J connectivity index is 1.48. The summed E-state index contributed by atoms with van der Waals surface area (Å²) in [6, 6.07) is 23.9. The van der Waals surface area contributed by atoms with E-state index in [-0.39, 0.29) is 30.2 Å². The number of esters is 2. The lowest BCUT2D eigenvalue weighted by Gasteiger charge is -2.30. The highest BCUT2D eigenvalue weighted by atomic mass is 19.4. The highest BCUT2D eigenvalue weighted by Crippen LogP contribution is 2.34. The Morgan fingerprint density at radius 3 is 2.37 bits per heavy atom. The Morgan fingerprint density at radius 1 is 0.959 bits per heavy atom. The van der Waals surface area contributed by atoms with Crippen molar-refractivity contribution in [1.82, 2.24) is 9.88 Å². The monoisotopic (exact) mass is 670 g/mol. The molecule has 0 bridgehead atoms. The second-order valence-corrected chi connectivity index (χ2v) is 10.8. The van der Waals surface area contributed by atoms with Crippen LogP contribution in [0.5, 0.6) is 5.75 Å². The number of alkyl halides is 3. The molecule has 1 atom stereocenters. The summed E-state index contributed by atoms with van der Waals surface area (Å²) >= 11 is 0. The number of benzene rings is 3. The predicted octanol–water partition coefficient (Wildman–Crippen LogP) is 5.24. The fourth-order valence-corrected chi connectivity index (χ4v) is 5.15. The van der Waals surface area contributed by atoms with E-state index in [1.807, 2.05) is 18.2 Å².